The Morgan fingerprint density at radius 1 is 1.47 bits per heavy atom. The van der Waals surface area contributed by atoms with Crippen molar-refractivity contribution in [2.24, 2.45) is 0 Å². The number of imidazole rings is 1. The van der Waals surface area contributed by atoms with Crippen molar-refractivity contribution in [2.45, 2.75) is 0 Å². The number of anilines is 1. The first-order valence-electron chi connectivity index (χ1n) is 5.18. The molecule has 0 atom stereocenters. The zero-order chi connectivity index (χ0) is 12.1. The fourth-order valence-electron chi connectivity index (χ4n) is 1.41. The Balaban J connectivity index is 1.95. The minimum Gasteiger partial charge on any atom is -0.347 e. The van der Waals surface area contributed by atoms with Crippen LogP contribution >= 0.6 is 0 Å². The normalized spacial score (nSPS) is 9.82. The molecular weight excluding hydrogens is 216 g/mol. The number of nitrogens with zero attached hydrogens (tertiary/aromatic N) is 1. The van der Waals surface area contributed by atoms with Gasteiger partial charge in [0, 0.05) is 0 Å². The summed E-state index contributed by atoms with van der Waals surface area (Å²) in [6, 6.07) is 7.65. The quantitative estimate of drug-likeness (QED) is 0.675. The molecule has 0 aliphatic carbocycles. The second-order valence-electron chi connectivity index (χ2n) is 3.44. The Labute approximate surface area is 98.6 Å². The van der Waals surface area contributed by atoms with E-state index >= 15 is 0 Å². The molecule has 86 valence electrons. The van der Waals surface area contributed by atoms with Crippen LogP contribution in [0.5, 0.6) is 0 Å². The molecule has 2 rings (SSSR count). The zero-order valence-corrected chi connectivity index (χ0v) is 9.16. The van der Waals surface area contributed by atoms with Gasteiger partial charge >= 0.3 is 0 Å². The number of terminal acetylenes is 1. The van der Waals surface area contributed by atoms with E-state index in [4.69, 9.17) is 6.42 Å². The van der Waals surface area contributed by atoms with Crippen molar-refractivity contribution in [2.75, 3.05) is 18.4 Å². The number of para-hydroxylation sites is 2. The van der Waals surface area contributed by atoms with Crippen molar-refractivity contribution >= 4 is 22.9 Å². The maximum Gasteiger partial charge on any atom is 0.240 e. The van der Waals surface area contributed by atoms with Gasteiger partial charge in [-0.05, 0) is 12.1 Å². The second-order valence-corrected chi connectivity index (χ2v) is 3.44. The van der Waals surface area contributed by atoms with Crippen LogP contribution in [0.1, 0.15) is 0 Å². The number of aromatic amines is 1. The van der Waals surface area contributed by atoms with E-state index in [1.54, 1.807) is 0 Å². The molecule has 3 N–H and O–H groups in total. The molecular formula is C12H12N4O. The summed E-state index contributed by atoms with van der Waals surface area (Å²) in [6.45, 7) is 0.377. The van der Waals surface area contributed by atoms with Crippen molar-refractivity contribution in [3.05, 3.63) is 24.3 Å². The van der Waals surface area contributed by atoms with Gasteiger partial charge in [0.25, 0.3) is 0 Å². The molecule has 0 aliphatic rings. The van der Waals surface area contributed by atoms with Crippen LogP contribution in [0.4, 0.5) is 5.95 Å². The van der Waals surface area contributed by atoms with E-state index in [0.717, 1.165) is 11.0 Å². The number of benzene rings is 1. The summed E-state index contributed by atoms with van der Waals surface area (Å²) in [5, 5.41) is 5.45. The van der Waals surface area contributed by atoms with Crippen LogP contribution in [0.2, 0.25) is 0 Å². The molecule has 0 fully saturated rings. The van der Waals surface area contributed by atoms with Crippen LogP contribution in [0, 0.1) is 12.3 Å². The molecule has 1 amide bonds. The number of carbonyl (C=O) groups excluding carboxylic acids is 1. The number of carbonyl (C=O) groups is 1. The summed E-state index contributed by atoms with van der Waals surface area (Å²) in [5.74, 6) is 2.74. The highest BCUT2D eigenvalue weighted by molar-refractivity contribution is 5.82. The minimum atomic E-state index is -0.164. The van der Waals surface area contributed by atoms with Crippen LogP contribution in [-0.4, -0.2) is 29.0 Å². The zero-order valence-electron chi connectivity index (χ0n) is 9.16. The third-order valence-electron chi connectivity index (χ3n) is 2.19. The van der Waals surface area contributed by atoms with Crippen molar-refractivity contribution < 1.29 is 4.79 Å². The predicted octanol–water partition coefficient (Wildman–Crippen LogP) is 0.724. The third kappa shape index (κ3) is 2.75. The van der Waals surface area contributed by atoms with Crippen molar-refractivity contribution in [1.29, 1.82) is 0 Å². The lowest BCUT2D eigenvalue weighted by molar-refractivity contribution is -0.119. The van der Waals surface area contributed by atoms with E-state index in [9.17, 15) is 4.79 Å². The summed E-state index contributed by atoms with van der Waals surface area (Å²) < 4.78 is 0. The van der Waals surface area contributed by atoms with Gasteiger partial charge in [0.1, 0.15) is 0 Å². The summed E-state index contributed by atoms with van der Waals surface area (Å²) in [4.78, 5) is 18.6. The van der Waals surface area contributed by atoms with Crippen LogP contribution in [0.25, 0.3) is 11.0 Å². The molecule has 5 heteroatoms. The lowest BCUT2D eigenvalue weighted by atomic mass is 10.3. The molecule has 2 aromatic rings. The molecule has 0 radical (unpaired) electrons. The van der Waals surface area contributed by atoms with Gasteiger partial charge in [-0.2, -0.15) is 0 Å². The maximum absolute atomic E-state index is 11.3. The average molecular weight is 228 g/mol. The number of hydrogen-bond acceptors (Lipinski definition) is 3. The molecule has 1 aromatic heterocycles. The van der Waals surface area contributed by atoms with Gasteiger partial charge in [0.15, 0.2) is 0 Å². The highest BCUT2D eigenvalue weighted by Gasteiger charge is 2.03. The third-order valence-corrected chi connectivity index (χ3v) is 2.19. The smallest absolute Gasteiger partial charge is 0.240 e. The molecule has 17 heavy (non-hydrogen) atoms. The largest absolute Gasteiger partial charge is 0.347 e. The van der Waals surface area contributed by atoms with Crippen LogP contribution < -0.4 is 10.6 Å². The van der Waals surface area contributed by atoms with Crippen LogP contribution in [-0.2, 0) is 4.79 Å². The van der Waals surface area contributed by atoms with Crippen LogP contribution in [0.15, 0.2) is 24.3 Å². The number of fused-ring (bicyclic) bond motifs is 1. The summed E-state index contributed by atoms with van der Waals surface area (Å²) in [5.41, 5.74) is 1.79. The van der Waals surface area contributed by atoms with Gasteiger partial charge in [0.2, 0.25) is 11.9 Å². The van der Waals surface area contributed by atoms with Crippen molar-refractivity contribution in [3.8, 4) is 12.3 Å². The molecule has 1 heterocycles. The van der Waals surface area contributed by atoms with Crippen molar-refractivity contribution in [3.63, 3.8) is 0 Å². The monoisotopic (exact) mass is 228 g/mol. The number of H-pyrrole nitrogens is 1. The molecule has 0 aliphatic heterocycles. The number of aromatic nitrogens is 2. The topological polar surface area (TPSA) is 69.8 Å². The lowest BCUT2D eigenvalue weighted by Gasteiger charge is -2.02. The first-order chi connectivity index (χ1) is 8.29. The van der Waals surface area contributed by atoms with E-state index < -0.39 is 0 Å². The van der Waals surface area contributed by atoms with E-state index in [2.05, 4.69) is 26.5 Å². The predicted molar refractivity (Wildman–Crippen MR) is 66.4 cm³/mol. The van der Waals surface area contributed by atoms with E-state index in [1.165, 1.54) is 0 Å². The van der Waals surface area contributed by atoms with Crippen molar-refractivity contribution in [1.82, 2.24) is 15.3 Å². The molecule has 5 nitrogen and oxygen atoms in total. The van der Waals surface area contributed by atoms with Gasteiger partial charge in [-0.25, -0.2) is 4.98 Å². The fourth-order valence-corrected chi connectivity index (χ4v) is 1.41. The van der Waals surface area contributed by atoms with Gasteiger partial charge in [-0.3, -0.25) is 4.79 Å². The molecule has 0 spiro atoms. The number of rotatable bonds is 4. The Morgan fingerprint density at radius 3 is 3.06 bits per heavy atom. The Bertz CT molecular complexity index is 534. The number of amides is 1. The standard InChI is InChI=1S/C12H12N4O/c1-2-7-13-11(17)8-14-12-15-9-5-3-4-6-10(9)16-12/h1,3-6H,7-8H2,(H,13,17)(H2,14,15,16). The highest BCUT2D eigenvalue weighted by Crippen LogP contribution is 2.12. The summed E-state index contributed by atoms with van der Waals surface area (Å²) in [7, 11) is 0. The van der Waals surface area contributed by atoms with Gasteiger partial charge in [-0.1, -0.05) is 18.1 Å². The Kier molecular flexibility index (Phi) is 3.26. The van der Waals surface area contributed by atoms with E-state index in [-0.39, 0.29) is 19.0 Å². The molecule has 1 aromatic carbocycles. The number of nitrogens with one attached hydrogen (secondary N) is 3. The molecule has 0 unspecified atom stereocenters. The maximum atomic E-state index is 11.3. The first kappa shape index (κ1) is 11.0. The molecule has 0 bridgehead atoms. The van der Waals surface area contributed by atoms with Crippen LogP contribution in [0.3, 0.4) is 0 Å². The van der Waals surface area contributed by atoms with E-state index in [1.807, 2.05) is 24.3 Å². The lowest BCUT2D eigenvalue weighted by Crippen LogP contribution is -2.30. The second kappa shape index (κ2) is 5.03. The highest BCUT2D eigenvalue weighted by atomic mass is 16.1. The average Bonchev–Trinajstić information content (AvgIpc) is 2.76. The Morgan fingerprint density at radius 2 is 2.29 bits per heavy atom. The van der Waals surface area contributed by atoms with Gasteiger partial charge < -0.3 is 15.6 Å². The molecule has 0 saturated heterocycles. The first-order valence-corrected chi connectivity index (χ1v) is 5.18. The van der Waals surface area contributed by atoms with Gasteiger partial charge in [0.05, 0.1) is 24.1 Å². The summed E-state index contributed by atoms with van der Waals surface area (Å²) in [6.07, 6.45) is 5.03. The van der Waals surface area contributed by atoms with E-state index in [0.29, 0.717) is 5.95 Å². The Hall–Kier alpha value is -2.48. The SMILES string of the molecule is C#CCNC(=O)CNc1nc2ccccc2[nH]1. The minimum absolute atomic E-state index is 0.140. The number of hydrogen-bond donors (Lipinski definition) is 3. The summed E-state index contributed by atoms with van der Waals surface area (Å²) >= 11 is 0. The fraction of sp³-hybridized carbons (Fsp3) is 0.167. The molecule has 0 saturated carbocycles. The van der Waals surface area contributed by atoms with Gasteiger partial charge in [-0.15, -0.1) is 6.42 Å².